The maximum atomic E-state index is 5.63. The molecule has 0 saturated carbocycles. The summed E-state index contributed by atoms with van der Waals surface area (Å²) in [7, 11) is 1.62. The van der Waals surface area contributed by atoms with Crippen LogP contribution < -0.4 is 19.9 Å². The van der Waals surface area contributed by atoms with Crippen LogP contribution in [-0.4, -0.2) is 20.4 Å². The lowest BCUT2D eigenvalue weighted by Gasteiger charge is -2.12. The number of hydrogen-bond donors (Lipinski definition) is 1. The number of hydrogen-bond acceptors (Lipinski definition) is 4. The molecule has 2 N–H and O–H groups in total. The molecule has 1 unspecified atom stereocenters. The molecular weight excluding hydrogens is 194 g/mol. The fraction of sp³-hybridized carbons (Fsp3) is 0.455. The zero-order chi connectivity index (χ0) is 10.8. The van der Waals surface area contributed by atoms with Crippen molar-refractivity contribution in [2.45, 2.75) is 12.8 Å². The molecular formula is C11H15NO3. The Bertz CT molecular complexity index is 365. The second-order valence-electron chi connectivity index (χ2n) is 3.59. The van der Waals surface area contributed by atoms with E-state index in [2.05, 4.69) is 6.92 Å². The van der Waals surface area contributed by atoms with Crippen LogP contribution in [0.3, 0.4) is 0 Å². The van der Waals surface area contributed by atoms with Crippen LogP contribution >= 0.6 is 0 Å². The first-order valence-corrected chi connectivity index (χ1v) is 4.94. The fourth-order valence-corrected chi connectivity index (χ4v) is 1.57. The molecule has 1 atom stereocenters. The molecule has 0 fully saturated rings. The Kier molecular flexibility index (Phi) is 2.68. The van der Waals surface area contributed by atoms with Crippen LogP contribution in [0.4, 0.5) is 0 Å². The summed E-state index contributed by atoms with van der Waals surface area (Å²) in [5.74, 6) is 2.42. The minimum absolute atomic E-state index is 0.256. The van der Waals surface area contributed by atoms with E-state index in [1.54, 1.807) is 7.11 Å². The van der Waals surface area contributed by atoms with Crippen LogP contribution in [0.5, 0.6) is 17.2 Å². The van der Waals surface area contributed by atoms with Crippen molar-refractivity contribution in [1.29, 1.82) is 0 Å². The number of nitrogens with two attached hydrogens (primary N) is 1. The lowest BCUT2D eigenvalue weighted by molar-refractivity contribution is 0.171. The first kappa shape index (κ1) is 10.1. The van der Waals surface area contributed by atoms with E-state index >= 15 is 0 Å². The molecule has 1 aliphatic heterocycles. The summed E-state index contributed by atoms with van der Waals surface area (Å²) in [5, 5.41) is 0. The molecule has 1 aromatic carbocycles. The van der Waals surface area contributed by atoms with Crippen molar-refractivity contribution in [2.24, 2.45) is 5.73 Å². The number of methoxy groups -OCH3 is 1. The average Bonchev–Trinajstić information content (AvgIpc) is 2.74. The molecule has 2 rings (SSSR count). The second kappa shape index (κ2) is 3.98. The van der Waals surface area contributed by atoms with Crippen LogP contribution in [0, 0.1) is 0 Å². The van der Waals surface area contributed by atoms with Gasteiger partial charge in [-0.1, -0.05) is 6.92 Å². The summed E-state index contributed by atoms with van der Waals surface area (Å²) < 4.78 is 15.9. The third kappa shape index (κ3) is 1.72. The van der Waals surface area contributed by atoms with Crippen molar-refractivity contribution in [3.05, 3.63) is 17.7 Å². The molecule has 1 aliphatic rings. The van der Waals surface area contributed by atoms with Gasteiger partial charge in [-0.2, -0.15) is 0 Å². The number of benzene rings is 1. The highest BCUT2D eigenvalue weighted by atomic mass is 16.7. The van der Waals surface area contributed by atoms with Gasteiger partial charge in [0.25, 0.3) is 0 Å². The van der Waals surface area contributed by atoms with E-state index in [1.165, 1.54) is 0 Å². The first-order chi connectivity index (χ1) is 7.26. The quantitative estimate of drug-likeness (QED) is 0.819. The zero-order valence-corrected chi connectivity index (χ0v) is 8.95. The largest absolute Gasteiger partial charge is 0.493 e. The summed E-state index contributed by atoms with van der Waals surface area (Å²) in [5.41, 5.74) is 6.74. The van der Waals surface area contributed by atoms with Gasteiger partial charge in [-0.15, -0.1) is 0 Å². The lowest BCUT2D eigenvalue weighted by Crippen LogP contribution is -2.08. The van der Waals surface area contributed by atoms with Gasteiger partial charge in [0.05, 0.1) is 7.11 Å². The predicted octanol–water partition coefficient (Wildman–Crippen LogP) is 1.49. The average molecular weight is 209 g/mol. The summed E-state index contributed by atoms with van der Waals surface area (Å²) in [6.07, 6.45) is 0. The summed E-state index contributed by atoms with van der Waals surface area (Å²) in [6, 6.07) is 3.91. The van der Waals surface area contributed by atoms with Gasteiger partial charge in [0, 0.05) is 0 Å². The highest BCUT2D eigenvalue weighted by Crippen LogP contribution is 2.43. The number of rotatable bonds is 3. The van der Waals surface area contributed by atoms with Crippen molar-refractivity contribution in [3.63, 3.8) is 0 Å². The lowest BCUT2D eigenvalue weighted by atomic mass is 10.0. The van der Waals surface area contributed by atoms with Crippen LogP contribution in [0.2, 0.25) is 0 Å². The van der Waals surface area contributed by atoms with E-state index < -0.39 is 0 Å². The number of ether oxygens (including phenoxy) is 3. The second-order valence-corrected chi connectivity index (χ2v) is 3.59. The molecule has 1 aromatic rings. The minimum Gasteiger partial charge on any atom is -0.493 e. The normalized spacial score (nSPS) is 15.1. The molecule has 0 aliphatic carbocycles. The molecule has 1 heterocycles. The van der Waals surface area contributed by atoms with Crippen molar-refractivity contribution >= 4 is 0 Å². The zero-order valence-electron chi connectivity index (χ0n) is 8.95. The van der Waals surface area contributed by atoms with Crippen molar-refractivity contribution in [1.82, 2.24) is 0 Å². The van der Waals surface area contributed by atoms with Gasteiger partial charge in [-0.05, 0) is 30.2 Å². The van der Waals surface area contributed by atoms with Crippen LogP contribution in [0.15, 0.2) is 12.1 Å². The molecule has 15 heavy (non-hydrogen) atoms. The van der Waals surface area contributed by atoms with Gasteiger partial charge >= 0.3 is 0 Å². The van der Waals surface area contributed by atoms with Crippen LogP contribution in [0.25, 0.3) is 0 Å². The predicted molar refractivity (Wildman–Crippen MR) is 56.6 cm³/mol. The molecule has 0 radical (unpaired) electrons. The van der Waals surface area contributed by atoms with Gasteiger partial charge in [0.1, 0.15) is 0 Å². The molecule has 0 saturated heterocycles. The topological polar surface area (TPSA) is 53.7 Å². The molecule has 82 valence electrons. The molecule has 0 spiro atoms. The SMILES string of the molecule is COc1cc(C(C)CN)cc2c1OCO2. The maximum Gasteiger partial charge on any atom is 0.231 e. The van der Waals surface area contributed by atoms with Crippen molar-refractivity contribution in [2.75, 3.05) is 20.4 Å². The Morgan fingerprint density at radius 2 is 2.27 bits per heavy atom. The maximum absolute atomic E-state index is 5.63. The smallest absolute Gasteiger partial charge is 0.231 e. The van der Waals surface area contributed by atoms with Gasteiger partial charge < -0.3 is 19.9 Å². The molecule has 0 amide bonds. The third-order valence-corrected chi connectivity index (χ3v) is 2.60. The fourth-order valence-electron chi connectivity index (χ4n) is 1.57. The number of fused-ring (bicyclic) bond motifs is 1. The van der Waals surface area contributed by atoms with E-state index in [0.717, 1.165) is 11.3 Å². The van der Waals surface area contributed by atoms with Gasteiger partial charge in [0.2, 0.25) is 12.5 Å². The minimum atomic E-state index is 0.256. The summed E-state index contributed by atoms with van der Waals surface area (Å²) in [4.78, 5) is 0. The highest BCUT2D eigenvalue weighted by molar-refractivity contribution is 5.55. The van der Waals surface area contributed by atoms with E-state index in [4.69, 9.17) is 19.9 Å². The Hall–Kier alpha value is -1.42. The molecule has 0 bridgehead atoms. The Labute approximate surface area is 88.9 Å². The van der Waals surface area contributed by atoms with E-state index in [0.29, 0.717) is 18.0 Å². The molecule has 4 heteroatoms. The summed E-state index contributed by atoms with van der Waals surface area (Å²) >= 11 is 0. The monoisotopic (exact) mass is 209 g/mol. The van der Waals surface area contributed by atoms with Crippen LogP contribution in [-0.2, 0) is 0 Å². The molecule has 4 nitrogen and oxygen atoms in total. The summed E-state index contributed by atoms with van der Waals surface area (Å²) in [6.45, 7) is 2.92. The van der Waals surface area contributed by atoms with Gasteiger partial charge in [-0.25, -0.2) is 0 Å². The Morgan fingerprint density at radius 1 is 1.47 bits per heavy atom. The van der Waals surface area contributed by atoms with Crippen molar-refractivity contribution in [3.8, 4) is 17.2 Å². The standard InChI is InChI=1S/C11H15NO3/c1-7(5-12)8-3-9(13-2)11-10(4-8)14-6-15-11/h3-4,7H,5-6,12H2,1-2H3. The first-order valence-electron chi connectivity index (χ1n) is 4.94. The molecule has 0 aromatic heterocycles. The van der Waals surface area contributed by atoms with Crippen molar-refractivity contribution < 1.29 is 14.2 Å². The van der Waals surface area contributed by atoms with E-state index in [1.807, 2.05) is 12.1 Å². The van der Waals surface area contributed by atoms with E-state index in [9.17, 15) is 0 Å². The highest BCUT2D eigenvalue weighted by Gasteiger charge is 2.21. The Balaban J connectivity index is 2.43. The van der Waals surface area contributed by atoms with Gasteiger partial charge in [0.15, 0.2) is 11.5 Å². The third-order valence-electron chi connectivity index (χ3n) is 2.60. The van der Waals surface area contributed by atoms with Crippen LogP contribution in [0.1, 0.15) is 18.4 Å². The Morgan fingerprint density at radius 3 is 2.93 bits per heavy atom. The van der Waals surface area contributed by atoms with E-state index in [-0.39, 0.29) is 12.7 Å². The van der Waals surface area contributed by atoms with Gasteiger partial charge in [-0.3, -0.25) is 0 Å².